The molecule has 0 aliphatic rings. The van der Waals surface area contributed by atoms with Gasteiger partial charge in [0.25, 0.3) is 5.91 Å². The number of halogens is 2. The Kier molecular flexibility index (Phi) is 8.76. The van der Waals surface area contributed by atoms with Crippen LogP contribution < -0.4 is 10.1 Å². The van der Waals surface area contributed by atoms with Gasteiger partial charge in [-0.15, -0.1) is 0 Å². The molecule has 0 unspecified atom stereocenters. The summed E-state index contributed by atoms with van der Waals surface area (Å²) in [5.74, 6) is -2.57. The Hall–Kier alpha value is -4.04. The molecule has 39 heavy (non-hydrogen) atoms. The van der Waals surface area contributed by atoms with Gasteiger partial charge in [0, 0.05) is 6.54 Å². The Morgan fingerprint density at radius 2 is 1.51 bits per heavy atom. The van der Waals surface area contributed by atoms with Crippen LogP contribution in [0.4, 0.5) is 8.78 Å². The molecule has 4 aromatic rings. The van der Waals surface area contributed by atoms with Crippen molar-refractivity contribution in [3.8, 4) is 16.9 Å². The number of methoxy groups -OCH3 is 1. The fourth-order valence-corrected chi connectivity index (χ4v) is 5.93. The number of ether oxygens (including phenoxy) is 1. The Labute approximate surface area is 227 Å². The highest BCUT2D eigenvalue weighted by Gasteiger charge is 2.22. The standard InChI is InChI=1S/C31H29F2NO4S/c1-21-7-3-11-24(17-21)25-14-15-28(38-2)29(19-25)39(36,37)20-23-9-4-8-22(18-23)10-6-16-34-31(35)30-26(32)12-5-13-27(30)33/h3-5,7-9,11-15,17-19H,6,10,16,20H2,1-2H3,(H,34,35). The van der Waals surface area contributed by atoms with Gasteiger partial charge in [0.1, 0.15) is 27.8 Å². The van der Waals surface area contributed by atoms with E-state index in [0.717, 1.165) is 34.4 Å². The zero-order valence-corrected chi connectivity index (χ0v) is 22.5. The fraction of sp³-hybridized carbons (Fsp3) is 0.194. The van der Waals surface area contributed by atoms with E-state index in [1.807, 2.05) is 49.4 Å². The summed E-state index contributed by atoms with van der Waals surface area (Å²) < 4.78 is 59.9. The first kappa shape index (κ1) is 28.0. The maximum Gasteiger partial charge on any atom is 0.257 e. The van der Waals surface area contributed by atoms with Crippen LogP contribution in [0.5, 0.6) is 5.75 Å². The Bertz CT molecular complexity index is 1580. The summed E-state index contributed by atoms with van der Waals surface area (Å²) in [5.41, 5.74) is 3.67. The molecule has 0 saturated heterocycles. The molecule has 0 spiro atoms. The molecule has 202 valence electrons. The van der Waals surface area contributed by atoms with E-state index in [1.54, 1.807) is 24.3 Å². The molecular weight excluding hydrogens is 520 g/mol. The minimum Gasteiger partial charge on any atom is -0.495 e. The molecule has 0 atom stereocenters. The highest BCUT2D eigenvalue weighted by molar-refractivity contribution is 7.90. The first-order valence-electron chi connectivity index (χ1n) is 12.5. The minimum atomic E-state index is -3.74. The molecule has 1 N–H and O–H groups in total. The van der Waals surface area contributed by atoms with Gasteiger partial charge in [-0.2, -0.15) is 0 Å². The minimum absolute atomic E-state index is 0.123. The summed E-state index contributed by atoms with van der Waals surface area (Å²) in [4.78, 5) is 12.3. The molecule has 0 aliphatic heterocycles. The Morgan fingerprint density at radius 1 is 0.846 bits per heavy atom. The first-order valence-corrected chi connectivity index (χ1v) is 14.1. The highest BCUT2D eigenvalue weighted by Crippen LogP contribution is 2.32. The predicted octanol–water partition coefficient (Wildman–Crippen LogP) is 6.29. The lowest BCUT2D eigenvalue weighted by Crippen LogP contribution is -2.26. The van der Waals surface area contributed by atoms with E-state index in [2.05, 4.69) is 5.32 Å². The van der Waals surface area contributed by atoms with Gasteiger partial charge in [-0.25, -0.2) is 17.2 Å². The third-order valence-corrected chi connectivity index (χ3v) is 8.02. The van der Waals surface area contributed by atoms with Gasteiger partial charge < -0.3 is 10.1 Å². The van der Waals surface area contributed by atoms with Gasteiger partial charge in [0.05, 0.1) is 12.9 Å². The first-order chi connectivity index (χ1) is 18.7. The molecule has 0 aromatic heterocycles. The second kappa shape index (κ2) is 12.2. The van der Waals surface area contributed by atoms with Gasteiger partial charge in [-0.1, -0.05) is 66.2 Å². The summed E-state index contributed by atoms with van der Waals surface area (Å²) in [6.45, 7) is 2.19. The molecule has 0 aliphatic carbocycles. The van der Waals surface area contributed by atoms with E-state index in [-0.39, 0.29) is 22.9 Å². The molecule has 8 heteroatoms. The summed E-state index contributed by atoms with van der Waals surface area (Å²) in [6.07, 6.45) is 1.05. The van der Waals surface area contributed by atoms with Crippen LogP contribution in [0.2, 0.25) is 0 Å². The molecule has 0 heterocycles. The van der Waals surface area contributed by atoms with Gasteiger partial charge >= 0.3 is 0 Å². The summed E-state index contributed by atoms with van der Waals surface area (Å²) in [7, 11) is -2.30. The smallest absolute Gasteiger partial charge is 0.257 e. The molecule has 0 bridgehead atoms. The van der Waals surface area contributed by atoms with Crippen molar-refractivity contribution in [1.82, 2.24) is 5.32 Å². The monoisotopic (exact) mass is 549 g/mol. The van der Waals surface area contributed by atoms with Crippen LogP contribution in [0.1, 0.15) is 33.5 Å². The van der Waals surface area contributed by atoms with Crippen LogP contribution >= 0.6 is 0 Å². The number of nitrogens with one attached hydrogen (secondary N) is 1. The zero-order chi connectivity index (χ0) is 28.0. The second-order valence-electron chi connectivity index (χ2n) is 9.27. The van der Waals surface area contributed by atoms with Crippen molar-refractivity contribution in [2.24, 2.45) is 0 Å². The van der Waals surface area contributed by atoms with E-state index in [4.69, 9.17) is 4.74 Å². The van der Waals surface area contributed by atoms with Crippen molar-refractivity contribution in [2.45, 2.75) is 30.4 Å². The Morgan fingerprint density at radius 3 is 2.23 bits per heavy atom. The maximum atomic E-state index is 13.8. The van der Waals surface area contributed by atoms with Crippen LogP contribution in [0.25, 0.3) is 11.1 Å². The van der Waals surface area contributed by atoms with E-state index in [9.17, 15) is 22.0 Å². The van der Waals surface area contributed by atoms with E-state index < -0.39 is 32.9 Å². The third kappa shape index (κ3) is 6.89. The normalized spacial score (nSPS) is 11.3. The SMILES string of the molecule is COc1ccc(-c2cccc(C)c2)cc1S(=O)(=O)Cc1cccc(CCCNC(=O)c2c(F)cccc2F)c1. The van der Waals surface area contributed by atoms with Crippen molar-refractivity contribution in [1.29, 1.82) is 0 Å². The summed E-state index contributed by atoms with van der Waals surface area (Å²) in [6, 6.07) is 23.5. The number of hydrogen-bond acceptors (Lipinski definition) is 4. The van der Waals surface area contributed by atoms with E-state index in [1.165, 1.54) is 13.2 Å². The number of amides is 1. The average Bonchev–Trinajstić information content (AvgIpc) is 2.90. The molecule has 0 fully saturated rings. The number of carbonyl (C=O) groups excluding carboxylic acids is 1. The van der Waals surface area contributed by atoms with Crippen LogP contribution in [0.3, 0.4) is 0 Å². The van der Waals surface area contributed by atoms with Crippen LogP contribution in [-0.4, -0.2) is 28.0 Å². The van der Waals surface area contributed by atoms with Crippen LogP contribution in [0.15, 0.2) is 89.8 Å². The maximum absolute atomic E-state index is 13.8. The molecule has 0 saturated carbocycles. The van der Waals surface area contributed by atoms with E-state index >= 15 is 0 Å². The van der Waals surface area contributed by atoms with Crippen molar-refractivity contribution in [3.63, 3.8) is 0 Å². The lowest BCUT2D eigenvalue weighted by atomic mass is 10.0. The lowest BCUT2D eigenvalue weighted by Gasteiger charge is -2.13. The number of aryl methyl sites for hydroxylation is 2. The molecule has 1 amide bonds. The topological polar surface area (TPSA) is 72.5 Å². The molecule has 4 rings (SSSR count). The fourth-order valence-electron chi connectivity index (χ4n) is 4.39. The van der Waals surface area contributed by atoms with Gasteiger partial charge in [0.15, 0.2) is 9.84 Å². The Balaban J connectivity index is 1.44. The lowest BCUT2D eigenvalue weighted by molar-refractivity contribution is 0.0944. The number of sulfone groups is 1. The molecule has 4 aromatic carbocycles. The van der Waals surface area contributed by atoms with Gasteiger partial charge in [0.2, 0.25) is 0 Å². The van der Waals surface area contributed by atoms with Crippen LogP contribution in [-0.2, 0) is 22.0 Å². The summed E-state index contributed by atoms with van der Waals surface area (Å²) >= 11 is 0. The summed E-state index contributed by atoms with van der Waals surface area (Å²) in [5, 5.41) is 2.53. The third-order valence-electron chi connectivity index (χ3n) is 6.32. The van der Waals surface area contributed by atoms with Gasteiger partial charge in [-0.3, -0.25) is 4.79 Å². The average molecular weight is 550 g/mol. The molecular formula is C31H29F2NO4S. The number of benzene rings is 4. The number of hydrogen-bond donors (Lipinski definition) is 1. The van der Waals surface area contributed by atoms with Crippen molar-refractivity contribution >= 4 is 15.7 Å². The van der Waals surface area contributed by atoms with Crippen LogP contribution in [0, 0.1) is 18.6 Å². The number of carbonyl (C=O) groups is 1. The molecule has 5 nitrogen and oxygen atoms in total. The van der Waals surface area contributed by atoms with Crippen molar-refractivity contribution in [2.75, 3.05) is 13.7 Å². The second-order valence-corrected chi connectivity index (χ2v) is 11.2. The number of rotatable bonds is 10. The highest BCUT2D eigenvalue weighted by atomic mass is 32.2. The quantitative estimate of drug-likeness (QED) is 0.236. The zero-order valence-electron chi connectivity index (χ0n) is 21.7. The van der Waals surface area contributed by atoms with Crippen molar-refractivity contribution < 1.29 is 26.7 Å². The van der Waals surface area contributed by atoms with Crippen molar-refractivity contribution in [3.05, 3.63) is 119 Å². The van der Waals surface area contributed by atoms with Gasteiger partial charge in [-0.05, 0) is 66.3 Å². The largest absolute Gasteiger partial charge is 0.495 e. The van der Waals surface area contributed by atoms with E-state index in [0.29, 0.717) is 18.4 Å². The predicted molar refractivity (Wildman–Crippen MR) is 148 cm³/mol. The molecule has 0 radical (unpaired) electrons.